The Labute approximate surface area is 103 Å². The zero-order valence-corrected chi connectivity index (χ0v) is 12.3. The van der Waals surface area contributed by atoms with Gasteiger partial charge in [0.15, 0.2) is 0 Å². The van der Waals surface area contributed by atoms with Gasteiger partial charge in [-0.2, -0.15) is 0 Å². The van der Waals surface area contributed by atoms with Crippen molar-refractivity contribution in [3.05, 3.63) is 0 Å². The highest BCUT2D eigenvalue weighted by Crippen LogP contribution is 2.18. The summed E-state index contributed by atoms with van der Waals surface area (Å²) in [5, 5.41) is 0. The van der Waals surface area contributed by atoms with Crippen LogP contribution in [0.5, 0.6) is 0 Å². The lowest BCUT2D eigenvalue weighted by atomic mass is 9.99. The Morgan fingerprint density at radius 2 is 1.31 bits per heavy atom. The van der Waals surface area contributed by atoms with Crippen molar-refractivity contribution in [3.63, 3.8) is 0 Å². The van der Waals surface area contributed by atoms with Crippen molar-refractivity contribution in [1.82, 2.24) is 0 Å². The van der Waals surface area contributed by atoms with Crippen LogP contribution in [0, 0.1) is 11.8 Å². The van der Waals surface area contributed by atoms with Crippen molar-refractivity contribution < 1.29 is 4.74 Å². The maximum atomic E-state index is 5.97. The van der Waals surface area contributed by atoms with Crippen molar-refractivity contribution >= 4 is 0 Å². The summed E-state index contributed by atoms with van der Waals surface area (Å²) in [6.07, 6.45) is 7.33. The van der Waals surface area contributed by atoms with Gasteiger partial charge in [-0.25, -0.2) is 0 Å². The molecule has 0 aliphatic rings. The Balaban J connectivity index is 3.73. The third kappa shape index (κ3) is 10.5. The highest BCUT2D eigenvalue weighted by Gasteiger charge is 2.12. The Morgan fingerprint density at radius 3 is 1.75 bits per heavy atom. The van der Waals surface area contributed by atoms with Gasteiger partial charge in [0, 0.05) is 0 Å². The minimum Gasteiger partial charge on any atom is -0.376 e. The van der Waals surface area contributed by atoms with Gasteiger partial charge in [-0.3, -0.25) is 0 Å². The van der Waals surface area contributed by atoms with E-state index in [9.17, 15) is 0 Å². The molecule has 0 bridgehead atoms. The van der Waals surface area contributed by atoms with E-state index in [-0.39, 0.29) is 0 Å². The quantitative estimate of drug-likeness (QED) is 0.502. The Bertz CT molecular complexity index is 140. The maximum absolute atomic E-state index is 5.97. The third-order valence-corrected chi connectivity index (χ3v) is 2.76. The Morgan fingerprint density at radius 1 is 0.750 bits per heavy atom. The lowest BCUT2D eigenvalue weighted by molar-refractivity contribution is -0.00908. The molecule has 0 saturated carbocycles. The summed E-state index contributed by atoms with van der Waals surface area (Å²) < 4.78 is 5.97. The molecule has 0 rings (SSSR count). The van der Waals surface area contributed by atoms with Crippen LogP contribution in [0.1, 0.15) is 73.6 Å². The summed E-state index contributed by atoms with van der Waals surface area (Å²) in [5.74, 6) is 1.59. The van der Waals surface area contributed by atoms with Gasteiger partial charge < -0.3 is 4.74 Å². The fourth-order valence-electron chi connectivity index (χ4n) is 2.08. The van der Waals surface area contributed by atoms with E-state index >= 15 is 0 Å². The molecule has 0 amide bonds. The van der Waals surface area contributed by atoms with Gasteiger partial charge in [-0.05, 0) is 38.5 Å². The van der Waals surface area contributed by atoms with Crippen LogP contribution in [-0.2, 0) is 4.74 Å². The summed E-state index contributed by atoms with van der Waals surface area (Å²) >= 11 is 0. The molecule has 0 aliphatic carbocycles. The van der Waals surface area contributed by atoms with Crippen LogP contribution in [-0.4, -0.2) is 12.2 Å². The summed E-state index contributed by atoms with van der Waals surface area (Å²) in [6.45, 7) is 13.4. The highest BCUT2D eigenvalue weighted by molar-refractivity contribution is 4.63. The zero-order chi connectivity index (χ0) is 12.6. The summed E-state index contributed by atoms with van der Waals surface area (Å²) in [6, 6.07) is 0. The van der Waals surface area contributed by atoms with Crippen LogP contribution in [0.3, 0.4) is 0 Å². The van der Waals surface area contributed by atoms with Crippen molar-refractivity contribution in [2.24, 2.45) is 11.8 Å². The first-order valence-electron chi connectivity index (χ1n) is 7.07. The Kier molecular flexibility index (Phi) is 9.02. The number of unbranched alkanes of at least 4 members (excludes halogenated alkanes) is 1. The number of hydrogen-bond acceptors (Lipinski definition) is 1. The zero-order valence-electron chi connectivity index (χ0n) is 12.3. The first-order valence-corrected chi connectivity index (χ1v) is 7.07. The molecule has 0 radical (unpaired) electrons. The van der Waals surface area contributed by atoms with Gasteiger partial charge in [0.2, 0.25) is 0 Å². The highest BCUT2D eigenvalue weighted by atomic mass is 16.5. The molecule has 1 nitrogen and oxygen atoms in total. The average Bonchev–Trinajstić information content (AvgIpc) is 2.09. The van der Waals surface area contributed by atoms with Crippen LogP contribution in [0.25, 0.3) is 0 Å². The van der Waals surface area contributed by atoms with Crippen LogP contribution in [0.15, 0.2) is 0 Å². The van der Waals surface area contributed by atoms with E-state index in [1.807, 2.05) is 0 Å². The minimum atomic E-state index is 0.369. The molecule has 0 N–H and O–H groups in total. The van der Waals surface area contributed by atoms with Crippen LogP contribution >= 0.6 is 0 Å². The van der Waals surface area contributed by atoms with Gasteiger partial charge in [0.1, 0.15) is 0 Å². The molecule has 0 aromatic rings. The average molecular weight is 228 g/mol. The van der Waals surface area contributed by atoms with Crippen LogP contribution in [0.2, 0.25) is 0 Å². The van der Waals surface area contributed by atoms with Crippen molar-refractivity contribution in [1.29, 1.82) is 0 Å². The van der Waals surface area contributed by atoms with Crippen molar-refractivity contribution in [3.8, 4) is 0 Å². The normalized spacial score (nSPS) is 14.1. The second kappa shape index (κ2) is 9.04. The van der Waals surface area contributed by atoms with E-state index in [1.165, 1.54) is 32.1 Å². The van der Waals surface area contributed by atoms with Gasteiger partial charge in [-0.15, -0.1) is 0 Å². The monoisotopic (exact) mass is 228 g/mol. The molecular formula is C15H32O. The largest absolute Gasteiger partial charge is 0.376 e. The molecule has 0 heterocycles. The topological polar surface area (TPSA) is 9.23 Å². The molecule has 0 aliphatic heterocycles. The van der Waals surface area contributed by atoms with Crippen LogP contribution in [0.4, 0.5) is 0 Å². The van der Waals surface area contributed by atoms with E-state index in [2.05, 4.69) is 41.5 Å². The lowest BCUT2D eigenvalue weighted by Gasteiger charge is -2.22. The molecule has 0 aromatic carbocycles. The molecule has 0 spiro atoms. The van der Waals surface area contributed by atoms with Gasteiger partial charge in [-0.1, -0.05) is 47.0 Å². The fraction of sp³-hybridized carbons (Fsp3) is 1.00. The molecule has 0 fully saturated rings. The van der Waals surface area contributed by atoms with E-state index < -0.39 is 0 Å². The SMILES string of the molecule is CC(C)CCCCC(CC(C)C)OC(C)C. The molecule has 16 heavy (non-hydrogen) atoms. The lowest BCUT2D eigenvalue weighted by Crippen LogP contribution is -2.20. The number of ether oxygens (including phenoxy) is 1. The van der Waals surface area contributed by atoms with Gasteiger partial charge in [0.25, 0.3) is 0 Å². The molecule has 98 valence electrons. The fourth-order valence-corrected chi connectivity index (χ4v) is 2.08. The molecular weight excluding hydrogens is 196 g/mol. The van der Waals surface area contributed by atoms with E-state index in [4.69, 9.17) is 4.74 Å². The van der Waals surface area contributed by atoms with E-state index in [1.54, 1.807) is 0 Å². The summed E-state index contributed by atoms with van der Waals surface area (Å²) in [4.78, 5) is 0. The Hall–Kier alpha value is -0.0400. The van der Waals surface area contributed by atoms with Crippen LogP contribution < -0.4 is 0 Å². The van der Waals surface area contributed by atoms with E-state index in [0.29, 0.717) is 12.2 Å². The first-order chi connectivity index (χ1) is 7.41. The minimum absolute atomic E-state index is 0.369. The second-order valence-electron chi connectivity index (χ2n) is 6.11. The van der Waals surface area contributed by atoms with Crippen molar-refractivity contribution in [2.75, 3.05) is 0 Å². The molecule has 1 atom stereocenters. The number of hydrogen-bond donors (Lipinski definition) is 0. The van der Waals surface area contributed by atoms with Crippen molar-refractivity contribution in [2.45, 2.75) is 85.9 Å². The molecule has 1 unspecified atom stereocenters. The first kappa shape index (κ1) is 16.0. The molecule has 0 saturated heterocycles. The van der Waals surface area contributed by atoms with Gasteiger partial charge >= 0.3 is 0 Å². The standard InChI is InChI=1S/C15H32O/c1-12(2)9-7-8-10-15(11-13(3)4)16-14(5)6/h12-15H,7-11H2,1-6H3. The maximum Gasteiger partial charge on any atom is 0.0581 e. The predicted molar refractivity (Wildman–Crippen MR) is 72.8 cm³/mol. The molecule has 0 aromatic heterocycles. The van der Waals surface area contributed by atoms with Gasteiger partial charge in [0.05, 0.1) is 12.2 Å². The molecule has 1 heteroatoms. The predicted octanol–water partition coefficient (Wildman–Crippen LogP) is 5.04. The third-order valence-electron chi connectivity index (χ3n) is 2.76. The van der Waals surface area contributed by atoms with E-state index in [0.717, 1.165) is 11.8 Å². The second-order valence-corrected chi connectivity index (χ2v) is 6.11. The summed E-state index contributed by atoms with van der Waals surface area (Å²) in [5.41, 5.74) is 0. The number of rotatable bonds is 9. The summed E-state index contributed by atoms with van der Waals surface area (Å²) in [7, 11) is 0. The smallest absolute Gasteiger partial charge is 0.0581 e.